The first-order valence-electron chi connectivity index (χ1n) is 13.3. The Morgan fingerprint density at radius 3 is 2.55 bits per heavy atom. The lowest BCUT2D eigenvalue weighted by molar-refractivity contribution is 0.122. The highest BCUT2D eigenvalue weighted by Gasteiger charge is 2.17. The number of aromatic nitrogens is 3. The maximum atomic E-state index is 6.27. The highest BCUT2D eigenvalue weighted by atomic mass is 35.5. The van der Waals surface area contributed by atoms with Crippen LogP contribution < -0.4 is 25.1 Å². The van der Waals surface area contributed by atoms with Gasteiger partial charge in [-0.15, -0.1) is 0 Å². The van der Waals surface area contributed by atoms with E-state index in [1.54, 1.807) is 25.5 Å². The van der Waals surface area contributed by atoms with Gasteiger partial charge in [-0.05, 0) is 66.9 Å². The van der Waals surface area contributed by atoms with Gasteiger partial charge >= 0.3 is 0 Å². The minimum absolute atomic E-state index is 0.269. The number of methoxy groups -OCH3 is 1. The Morgan fingerprint density at radius 2 is 1.76 bits per heavy atom. The second-order valence-electron chi connectivity index (χ2n) is 9.63. The van der Waals surface area contributed by atoms with E-state index in [1.807, 2.05) is 38.1 Å². The van der Waals surface area contributed by atoms with Crippen molar-refractivity contribution in [3.8, 4) is 11.5 Å². The number of hydrazone groups is 1. The maximum Gasteiger partial charge on any atom is 0.250 e. The molecule has 12 heteroatoms. The molecule has 1 aliphatic heterocycles. The average Bonchev–Trinajstić information content (AvgIpc) is 2.99. The first-order chi connectivity index (χ1) is 20.4. The molecule has 1 fully saturated rings. The van der Waals surface area contributed by atoms with Gasteiger partial charge in [0.2, 0.25) is 17.8 Å². The Labute approximate surface area is 254 Å². The van der Waals surface area contributed by atoms with E-state index in [2.05, 4.69) is 53.9 Å². The molecule has 0 amide bonds. The molecule has 3 aromatic carbocycles. The molecule has 0 atom stereocenters. The predicted molar refractivity (Wildman–Crippen MR) is 167 cm³/mol. The van der Waals surface area contributed by atoms with Gasteiger partial charge in [-0.3, -0.25) is 0 Å². The van der Waals surface area contributed by atoms with Crippen LogP contribution in [0.25, 0.3) is 0 Å². The number of ether oxygens (including phenoxy) is 3. The summed E-state index contributed by atoms with van der Waals surface area (Å²) in [6.07, 6.45) is 1.65. The summed E-state index contributed by atoms with van der Waals surface area (Å²) < 4.78 is 17.0. The zero-order valence-corrected chi connectivity index (χ0v) is 25.0. The van der Waals surface area contributed by atoms with Crippen LogP contribution >= 0.6 is 23.2 Å². The van der Waals surface area contributed by atoms with Crippen LogP contribution in [0.5, 0.6) is 11.5 Å². The molecule has 0 spiro atoms. The SMILES string of the molecule is COc1cc(/C=N/Nc2nc(Nc3cc(C)ccc3C)nc(N3CCOCC3)n2)ccc1OCc1ccc(Cl)cc1Cl. The van der Waals surface area contributed by atoms with Gasteiger partial charge in [-0.2, -0.15) is 20.1 Å². The molecular weight excluding hydrogens is 577 g/mol. The first kappa shape index (κ1) is 29.4. The summed E-state index contributed by atoms with van der Waals surface area (Å²) in [5.41, 5.74) is 7.69. The lowest BCUT2D eigenvalue weighted by Crippen LogP contribution is -2.37. The van der Waals surface area contributed by atoms with E-state index in [-0.39, 0.29) is 6.61 Å². The number of rotatable bonds is 10. The van der Waals surface area contributed by atoms with Crippen molar-refractivity contribution < 1.29 is 14.2 Å². The van der Waals surface area contributed by atoms with Crippen LogP contribution in [-0.4, -0.2) is 54.6 Å². The molecule has 10 nitrogen and oxygen atoms in total. The summed E-state index contributed by atoms with van der Waals surface area (Å²) in [5.74, 6) is 2.40. The zero-order chi connectivity index (χ0) is 29.5. The highest BCUT2D eigenvalue weighted by molar-refractivity contribution is 6.35. The molecule has 1 aromatic heterocycles. The number of anilines is 4. The third-order valence-electron chi connectivity index (χ3n) is 6.52. The van der Waals surface area contributed by atoms with Gasteiger partial charge in [0.25, 0.3) is 0 Å². The molecule has 0 aliphatic carbocycles. The van der Waals surface area contributed by atoms with Gasteiger partial charge in [0.15, 0.2) is 11.5 Å². The van der Waals surface area contributed by atoms with Gasteiger partial charge in [-0.1, -0.05) is 41.4 Å². The van der Waals surface area contributed by atoms with E-state index in [9.17, 15) is 0 Å². The number of nitrogens with zero attached hydrogens (tertiary/aromatic N) is 5. The minimum atomic E-state index is 0.269. The van der Waals surface area contributed by atoms with Crippen LogP contribution in [-0.2, 0) is 11.3 Å². The number of halogens is 2. The Bertz CT molecular complexity index is 1580. The molecule has 0 bridgehead atoms. The van der Waals surface area contributed by atoms with E-state index in [0.29, 0.717) is 65.7 Å². The quantitative estimate of drug-likeness (QED) is 0.156. The van der Waals surface area contributed by atoms with Crippen molar-refractivity contribution in [3.05, 3.63) is 86.9 Å². The van der Waals surface area contributed by atoms with Crippen molar-refractivity contribution in [1.82, 2.24) is 15.0 Å². The van der Waals surface area contributed by atoms with Crippen LogP contribution in [0.15, 0.2) is 59.7 Å². The molecule has 5 rings (SSSR count). The van der Waals surface area contributed by atoms with Crippen LogP contribution in [0, 0.1) is 13.8 Å². The number of hydrogen-bond donors (Lipinski definition) is 2. The second-order valence-corrected chi connectivity index (χ2v) is 10.5. The summed E-state index contributed by atoms with van der Waals surface area (Å²) in [7, 11) is 1.58. The Morgan fingerprint density at radius 1 is 0.952 bits per heavy atom. The topological polar surface area (TPSA) is 106 Å². The van der Waals surface area contributed by atoms with Crippen molar-refractivity contribution in [2.24, 2.45) is 5.10 Å². The Hall–Kier alpha value is -4.12. The lowest BCUT2D eigenvalue weighted by Gasteiger charge is -2.27. The predicted octanol–water partition coefficient (Wildman–Crippen LogP) is 6.41. The Kier molecular flexibility index (Phi) is 9.58. The van der Waals surface area contributed by atoms with Crippen molar-refractivity contribution in [2.45, 2.75) is 20.5 Å². The van der Waals surface area contributed by atoms with Crippen LogP contribution in [0.2, 0.25) is 10.0 Å². The standard InChI is InChI=1S/C30H31Cl2N7O3/c1-19-4-5-20(2)25(14-19)34-28-35-29(37-30(36-28)39-10-12-41-13-11-39)38-33-17-21-6-9-26(27(15-21)40-3)42-18-22-7-8-23(31)16-24(22)32/h4-9,14-17H,10-13,18H2,1-3H3,(H2,34,35,36,37,38)/b33-17+. The fourth-order valence-electron chi connectivity index (χ4n) is 4.21. The van der Waals surface area contributed by atoms with Gasteiger partial charge < -0.3 is 24.4 Å². The zero-order valence-electron chi connectivity index (χ0n) is 23.5. The third-order valence-corrected chi connectivity index (χ3v) is 7.11. The summed E-state index contributed by atoms with van der Waals surface area (Å²) >= 11 is 12.3. The smallest absolute Gasteiger partial charge is 0.250 e. The summed E-state index contributed by atoms with van der Waals surface area (Å²) in [6.45, 7) is 6.95. The molecule has 2 N–H and O–H groups in total. The van der Waals surface area contributed by atoms with Crippen molar-refractivity contribution in [1.29, 1.82) is 0 Å². The van der Waals surface area contributed by atoms with Crippen molar-refractivity contribution in [2.75, 3.05) is 49.1 Å². The van der Waals surface area contributed by atoms with E-state index in [4.69, 9.17) is 37.4 Å². The summed E-state index contributed by atoms with van der Waals surface area (Å²) in [4.78, 5) is 15.9. The minimum Gasteiger partial charge on any atom is -0.493 e. The summed E-state index contributed by atoms with van der Waals surface area (Å²) in [5, 5.41) is 8.82. The molecule has 1 saturated heterocycles. The number of morpholine rings is 1. The van der Waals surface area contributed by atoms with Crippen LogP contribution in [0.1, 0.15) is 22.3 Å². The van der Waals surface area contributed by atoms with E-state index in [1.165, 1.54) is 0 Å². The second kappa shape index (κ2) is 13.7. The largest absolute Gasteiger partial charge is 0.493 e. The molecule has 4 aromatic rings. The molecule has 2 heterocycles. The first-order valence-corrected chi connectivity index (χ1v) is 14.1. The molecule has 0 saturated carbocycles. The van der Waals surface area contributed by atoms with Crippen LogP contribution in [0.4, 0.5) is 23.5 Å². The molecular formula is C30H31Cl2N7O3. The molecule has 1 aliphatic rings. The summed E-state index contributed by atoms with van der Waals surface area (Å²) in [6, 6.07) is 17.0. The normalized spacial score (nSPS) is 13.3. The molecule has 218 valence electrons. The molecule has 42 heavy (non-hydrogen) atoms. The van der Waals surface area contributed by atoms with Crippen LogP contribution in [0.3, 0.4) is 0 Å². The van der Waals surface area contributed by atoms with Crippen molar-refractivity contribution in [3.63, 3.8) is 0 Å². The fraction of sp³-hybridized carbons (Fsp3) is 0.267. The molecule has 0 unspecified atom stereocenters. The third kappa shape index (κ3) is 7.58. The van der Waals surface area contributed by atoms with Gasteiger partial charge in [0, 0.05) is 34.4 Å². The van der Waals surface area contributed by atoms with Gasteiger partial charge in [0.05, 0.1) is 26.5 Å². The maximum absolute atomic E-state index is 6.27. The Balaban J connectivity index is 1.31. The number of hydrogen-bond acceptors (Lipinski definition) is 10. The van der Waals surface area contributed by atoms with E-state index >= 15 is 0 Å². The average molecular weight is 609 g/mol. The lowest BCUT2D eigenvalue weighted by atomic mass is 10.1. The molecule has 0 radical (unpaired) electrons. The number of nitrogens with one attached hydrogen (secondary N) is 2. The highest BCUT2D eigenvalue weighted by Crippen LogP contribution is 2.30. The van der Waals surface area contributed by atoms with E-state index < -0.39 is 0 Å². The van der Waals surface area contributed by atoms with E-state index in [0.717, 1.165) is 27.9 Å². The monoisotopic (exact) mass is 607 g/mol. The number of aryl methyl sites for hydroxylation is 2. The van der Waals surface area contributed by atoms with Gasteiger partial charge in [0.1, 0.15) is 6.61 Å². The van der Waals surface area contributed by atoms with Crippen molar-refractivity contribution >= 4 is 52.9 Å². The number of benzene rings is 3. The van der Waals surface area contributed by atoms with Gasteiger partial charge in [-0.25, -0.2) is 5.43 Å². The fourth-order valence-corrected chi connectivity index (χ4v) is 4.67.